The van der Waals surface area contributed by atoms with E-state index in [0.717, 1.165) is 0 Å². The Bertz CT molecular complexity index is 261. The van der Waals surface area contributed by atoms with Crippen LogP contribution in [0.4, 0.5) is 0 Å². The highest BCUT2D eigenvalue weighted by atomic mass is 16.5. The van der Waals surface area contributed by atoms with Crippen LogP contribution in [0.3, 0.4) is 0 Å². The molecule has 0 aliphatic carbocycles. The summed E-state index contributed by atoms with van der Waals surface area (Å²) in [5, 5.41) is 17.5. The van der Waals surface area contributed by atoms with Gasteiger partial charge in [0, 0.05) is 13.2 Å². The summed E-state index contributed by atoms with van der Waals surface area (Å²) in [6, 6.07) is -0.183. The average Bonchev–Trinajstić information content (AvgIpc) is 2.14. The highest BCUT2D eigenvalue weighted by Gasteiger charge is 2.26. The number of methoxy groups -OCH3 is 1. The lowest BCUT2D eigenvalue weighted by atomic mass is 9.99. The van der Waals surface area contributed by atoms with E-state index in [4.69, 9.17) is 14.9 Å². The topological polar surface area (TPSA) is 87.1 Å². The quantitative estimate of drug-likeness (QED) is 0.655. The lowest BCUT2D eigenvalue weighted by molar-refractivity contribution is -0.143. The van der Waals surface area contributed by atoms with Gasteiger partial charge in [-0.2, -0.15) is 0 Å². The molecule has 6 heteroatoms. The molecule has 17 heavy (non-hydrogen) atoms. The summed E-state index contributed by atoms with van der Waals surface area (Å²) in [5.74, 6) is -2.07. The van der Waals surface area contributed by atoms with E-state index in [9.17, 15) is 9.59 Å². The van der Waals surface area contributed by atoms with Crippen LogP contribution >= 0.6 is 0 Å². The van der Waals surface area contributed by atoms with Gasteiger partial charge in [-0.1, -0.05) is 0 Å². The molecule has 0 aromatic heterocycles. The third-order valence-corrected chi connectivity index (χ3v) is 2.64. The fraction of sp³-hybridized carbons (Fsp3) is 0.818. The molecule has 2 N–H and O–H groups in total. The van der Waals surface area contributed by atoms with Crippen LogP contribution in [0.2, 0.25) is 0 Å². The van der Waals surface area contributed by atoms with Gasteiger partial charge in [-0.25, -0.2) is 0 Å². The van der Waals surface area contributed by atoms with Crippen molar-refractivity contribution < 1.29 is 24.5 Å². The molecule has 0 aromatic carbocycles. The number of hydrogen-bond donors (Lipinski definition) is 2. The Morgan fingerprint density at radius 3 is 1.94 bits per heavy atom. The highest BCUT2D eigenvalue weighted by Crippen LogP contribution is 2.18. The van der Waals surface area contributed by atoms with Crippen molar-refractivity contribution in [1.29, 1.82) is 0 Å². The van der Waals surface area contributed by atoms with Gasteiger partial charge >= 0.3 is 11.9 Å². The lowest BCUT2D eigenvalue weighted by Crippen LogP contribution is -2.44. The fourth-order valence-corrected chi connectivity index (χ4v) is 1.64. The largest absolute Gasteiger partial charge is 0.480 e. The zero-order valence-electron chi connectivity index (χ0n) is 10.8. The Morgan fingerprint density at radius 1 is 1.24 bits per heavy atom. The van der Waals surface area contributed by atoms with Gasteiger partial charge < -0.3 is 14.9 Å². The smallest absolute Gasteiger partial charge is 0.317 e. The van der Waals surface area contributed by atoms with E-state index < -0.39 is 17.5 Å². The van der Waals surface area contributed by atoms with Gasteiger partial charge in [-0.3, -0.25) is 14.5 Å². The minimum atomic E-state index is -1.03. The van der Waals surface area contributed by atoms with Gasteiger partial charge in [0.1, 0.15) is 0 Å². The number of nitrogens with zero attached hydrogens (tertiary/aromatic N) is 1. The zero-order chi connectivity index (χ0) is 13.6. The summed E-state index contributed by atoms with van der Waals surface area (Å²) in [6.07, 6.45) is 0.560. The van der Waals surface area contributed by atoms with Crippen molar-refractivity contribution in [1.82, 2.24) is 4.90 Å². The third-order valence-electron chi connectivity index (χ3n) is 2.64. The van der Waals surface area contributed by atoms with E-state index >= 15 is 0 Å². The summed E-state index contributed by atoms with van der Waals surface area (Å²) in [4.78, 5) is 22.7. The first-order chi connectivity index (χ1) is 7.68. The molecular weight excluding hydrogens is 226 g/mol. The molecule has 1 unspecified atom stereocenters. The van der Waals surface area contributed by atoms with E-state index in [1.807, 2.05) is 13.8 Å². The van der Waals surface area contributed by atoms with E-state index in [1.165, 1.54) is 4.90 Å². The van der Waals surface area contributed by atoms with Crippen molar-refractivity contribution in [2.24, 2.45) is 0 Å². The first kappa shape index (κ1) is 15.9. The molecule has 100 valence electrons. The second kappa shape index (κ2) is 6.56. The van der Waals surface area contributed by atoms with Crippen LogP contribution < -0.4 is 0 Å². The standard InChI is InChI=1S/C11H21NO5/c1-8(5-11(2,3)17-4)12(6-9(13)14)7-10(15)16/h8H,5-7H2,1-4H3,(H,13,14)(H,15,16). The maximum Gasteiger partial charge on any atom is 0.317 e. The Kier molecular flexibility index (Phi) is 6.12. The molecule has 1 atom stereocenters. The van der Waals surface area contributed by atoms with Crippen LogP contribution in [0.15, 0.2) is 0 Å². The molecule has 0 amide bonds. The summed E-state index contributed by atoms with van der Waals surface area (Å²) in [6.45, 7) is 4.99. The Morgan fingerprint density at radius 2 is 1.65 bits per heavy atom. The molecule has 0 fully saturated rings. The number of carbonyl (C=O) groups is 2. The zero-order valence-corrected chi connectivity index (χ0v) is 10.8. The van der Waals surface area contributed by atoms with Crippen LogP contribution in [0, 0.1) is 0 Å². The summed E-state index contributed by atoms with van der Waals surface area (Å²) in [5.41, 5.74) is -0.408. The van der Waals surface area contributed by atoms with Crippen molar-refractivity contribution in [3.05, 3.63) is 0 Å². The van der Waals surface area contributed by atoms with Crippen molar-refractivity contribution in [3.63, 3.8) is 0 Å². The van der Waals surface area contributed by atoms with E-state index in [1.54, 1.807) is 14.0 Å². The fourth-order valence-electron chi connectivity index (χ4n) is 1.64. The number of ether oxygens (including phenoxy) is 1. The maximum absolute atomic E-state index is 10.7. The first-order valence-electron chi connectivity index (χ1n) is 5.40. The van der Waals surface area contributed by atoms with E-state index in [-0.39, 0.29) is 19.1 Å². The summed E-state index contributed by atoms with van der Waals surface area (Å²) < 4.78 is 5.25. The molecule has 6 nitrogen and oxygen atoms in total. The highest BCUT2D eigenvalue weighted by molar-refractivity contribution is 5.72. The summed E-state index contributed by atoms with van der Waals surface area (Å²) >= 11 is 0. The maximum atomic E-state index is 10.7. The molecule has 0 heterocycles. The van der Waals surface area contributed by atoms with Gasteiger partial charge in [0.15, 0.2) is 0 Å². The first-order valence-corrected chi connectivity index (χ1v) is 5.40. The Hall–Kier alpha value is -1.14. The Balaban J connectivity index is 4.56. The van der Waals surface area contributed by atoms with E-state index in [0.29, 0.717) is 6.42 Å². The number of rotatable bonds is 8. The van der Waals surface area contributed by atoms with Gasteiger partial charge in [-0.15, -0.1) is 0 Å². The number of carboxylic acid groups (broad SMARTS) is 2. The molecule has 0 saturated carbocycles. The molecule has 0 aliphatic rings. The number of carboxylic acids is 2. The molecule has 0 saturated heterocycles. The Labute approximate surface area is 101 Å². The van der Waals surface area contributed by atoms with Crippen molar-refractivity contribution in [2.45, 2.75) is 38.8 Å². The summed E-state index contributed by atoms with van der Waals surface area (Å²) in [7, 11) is 1.57. The molecule has 0 rings (SSSR count). The number of hydrogen-bond acceptors (Lipinski definition) is 4. The molecule has 0 spiro atoms. The molecule has 0 aliphatic heterocycles. The molecule has 0 radical (unpaired) electrons. The van der Waals surface area contributed by atoms with Gasteiger partial charge in [0.05, 0.1) is 18.7 Å². The average molecular weight is 247 g/mol. The lowest BCUT2D eigenvalue weighted by Gasteiger charge is -2.32. The van der Waals surface area contributed by atoms with Gasteiger partial charge in [-0.05, 0) is 27.2 Å². The van der Waals surface area contributed by atoms with Crippen molar-refractivity contribution in [2.75, 3.05) is 20.2 Å². The van der Waals surface area contributed by atoms with Crippen molar-refractivity contribution >= 4 is 11.9 Å². The SMILES string of the molecule is COC(C)(C)CC(C)N(CC(=O)O)CC(=O)O. The van der Waals surface area contributed by atoms with Crippen LogP contribution in [-0.2, 0) is 14.3 Å². The van der Waals surface area contributed by atoms with Crippen LogP contribution in [0.1, 0.15) is 27.2 Å². The molecule has 0 aromatic rings. The van der Waals surface area contributed by atoms with Gasteiger partial charge in [0.25, 0.3) is 0 Å². The number of aliphatic carboxylic acids is 2. The van der Waals surface area contributed by atoms with Crippen LogP contribution in [0.25, 0.3) is 0 Å². The minimum absolute atomic E-state index is 0.183. The predicted octanol–water partition coefficient (Wildman–Crippen LogP) is 0.661. The van der Waals surface area contributed by atoms with Crippen molar-refractivity contribution in [3.8, 4) is 0 Å². The third kappa shape index (κ3) is 6.91. The molecular formula is C11H21NO5. The van der Waals surface area contributed by atoms with Gasteiger partial charge in [0.2, 0.25) is 0 Å². The van der Waals surface area contributed by atoms with Crippen LogP contribution in [-0.4, -0.2) is 58.9 Å². The second-order valence-corrected chi connectivity index (χ2v) is 4.71. The minimum Gasteiger partial charge on any atom is -0.480 e. The van der Waals surface area contributed by atoms with Crippen LogP contribution in [0.5, 0.6) is 0 Å². The monoisotopic (exact) mass is 247 g/mol. The normalized spacial score (nSPS) is 13.7. The molecule has 0 bridgehead atoms. The second-order valence-electron chi connectivity index (χ2n) is 4.71. The van der Waals surface area contributed by atoms with E-state index in [2.05, 4.69) is 0 Å². The predicted molar refractivity (Wildman–Crippen MR) is 62.0 cm³/mol.